The summed E-state index contributed by atoms with van der Waals surface area (Å²) in [6.45, 7) is 4.96. The van der Waals surface area contributed by atoms with E-state index < -0.39 is 6.03 Å². The summed E-state index contributed by atoms with van der Waals surface area (Å²) in [5.74, 6) is 0.876. The third kappa shape index (κ3) is 4.19. The minimum absolute atomic E-state index is 0.667. The smallest absolute Gasteiger partial charge is 0.332 e. The summed E-state index contributed by atoms with van der Waals surface area (Å²) in [4.78, 5) is 13.1. The van der Waals surface area contributed by atoms with Crippen molar-refractivity contribution < 1.29 is 9.53 Å². The second kappa shape index (κ2) is 7.08. The molecule has 1 heterocycles. The second-order valence-electron chi connectivity index (χ2n) is 5.18. The van der Waals surface area contributed by atoms with Gasteiger partial charge in [-0.05, 0) is 56.6 Å². The SMILES string of the molecule is COc1ccc(/C(C)=N\NC(N)=O)cc1CN1CCCC1. The van der Waals surface area contributed by atoms with Gasteiger partial charge in [-0.25, -0.2) is 10.2 Å². The van der Waals surface area contributed by atoms with Crippen LogP contribution in [0.15, 0.2) is 23.3 Å². The molecule has 21 heavy (non-hydrogen) atoms. The molecule has 114 valence electrons. The molecule has 2 rings (SSSR count). The first-order valence-electron chi connectivity index (χ1n) is 7.09. The monoisotopic (exact) mass is 290 g/mol. The summed E-state index contributed by atoms with van der Waals surface area (Å²) >= 11 is 0. The Bertz CT molecular complexity index is 536. The van der Waals surface area contributed by atoms with Crippen LogP contribution in [-0.2, 0) is 6.54 Å². The Balaban J connectivity index is 2.19. The second-order valence-corrected chi connectivity index (χ2v) is 5.18. The van der Waals surface area contributed by atoms with E-state index in [0.29, 0.717) is 5.71 Å². The summed E-state index contributed by atoms with van der Waals surface area (Å²) in [6.07, 6.45) is 2.51. The maximum atomic E-state index is 10.7. The van der Waals surface area contributed by atoms with Crippen LogP contribution in [0.5, 0.6) is 5.75 Å². The molecule has 0 bridgehead atoms. The maximum absolute atomic E-state index is 10.7. The number of benzene rings is 1. The highest BCUT2D eigenvalue weighted by Crippen LogP contribution is 2.23. The number of hydrogen-bond acceptors (Lipinski definition) is 4. The van der Waals surface area contributed by atoms with Crippen molar-refractivity contribution >= 4 is 11.7 Å². The summed E-state index contributed by atoms with van der Waals surface area (Å²) in [7, 11) is 1.68. The van der Waals surface area contributed by atoms with Crippen molar-refractivity contribution in [3.63, 3.8) is 0 Å². The number of carbonyl (C=O) groups is 1. The van der Waals surface area contributed by atoms with Gasteiger partial charge in [0, 0.05) is 12.1 Å². The molecule has 1 aliphatic rings. The largest absolute Gasteiger partial charge is 0.496 e. The van der Waals surface area contributed by atoms with Crippen LogP contribution >= 0.6 is 0 Å². The third-order valence-electron chi connectivity index (χ3n) is 3.62. The fourth-order valence-corrected chi connectivity index (χ4v) is 2.51. The van der Waals surface area contributed by atoms with E-state index in [-0.39, 0.29) is 0 Å². The van der Waals surface area contributed by atoms with Gasteiger partial charge in [-0.1, -0.05) is 0 Å². The molecule has 0 aromatic heterocycles. The normalized spacial score (nSPS) is 16.0. The minimum Gasteiger partial charge on any atom is -0.496 e. The van der Waals surface area contributed by atoms with E-state index in [1.165, 1.54) is 12.8 Å². The van der Waals surface area contributed by atoms with E-state index in [4.69, 9.17) is 10.5 Å². The molecule has 0 saturated carbocycles. The first-order valence-corrected chi connectivity index (χ1v) is 7.09. The molecule has 6 nitrogen and oxygen atoms in total. The van der Waals surface area contributed by atoms with Gasteiger partial charge in [0.1, 0.15) is 5.75 Å². The zero-order valence-corrected chi connectivity index (χ0v) is 12.6. The Morgan fingerprint density at radius 1 is 1.43 bits per heavy atom. The molecule has 0 spiro atoms. The number of urea groups is 1. The fourth-order valence-electron chi connectivity index (χ4n) is 2.51. The molecular formula is C15H22N4O2. The molecule has 0 unspecified atom stereocenters. The van der Waals surface area contributed by atoms with E-state index in [2.05, 4.69) is 21.5 Å². The predicted molar refractivity (Wildman–Crippen MR) is 82.4 cm³/mol. The van der Waals surface area contributed by atoms with E-state index in [1.807, 2.05) is 19.1 Å². The van der Waals surface area contributed by atoms with Crippen molar-refractivity contribution in [1.29, 1.82) is 0 Å². The minimum atomic E-state index is -0.667. The third-order valence-corrected chi connectivity index (χ3v) is 3.62. The van der Waals surface area contributed by atoms with Gasteiger partial charge in [0.15, 0.2) is 0 Å². The molecule has 3 N–H and O–H groups in total. The molecule has 1 fully saturated rings. The lowest BCUT2D eigenvalue weighted by molar-refractivity contribution is 0.249. The van der Waals surface area contributed by atoms with Crippen LogP contribution < -0.4 is 15.9 Å². The molecule has 6 heteroatoms. The van der Waals surface area contributed by atoms with Crippen LogP contribution in [0, 0.1) is 0 Å². The van der Waals surface area contributed by atoms with E-state index in [1.54, 1.807) is 7.11 Å². The van der Waals surface area contributed by atoms with E-state index in [9.17, 15) is 4.79 Å². The van der Waals surface area contributed by atoms with Gasteiger partial charge in [0.05, 0.1) is 12.8 Å². The molecule has 1 saturated heterocycles. The molecule has 1 aromatic rings. The van der Waals surface area contributed by atoms with Crippen molar-refractivity contribution in [2.75, 3.05) is 20.2 Å². The Morgan fingerprint density at radius 2 is 2.14 bits per heavy atom. The topological polar surface area (TPSA) is 80.0 Å². The average Bonchev–Trinajstić information content (AvgIpc) is 2.97. The number of amides is 2. The van der Waals surface area contributed by atoms with Gasteiger partial charge in [-0.15, -0.1) is 0 Å². The first-order chi connectivity index (χ1) is 10.1. The highest BCUT2D eigenvalue weighted by Gasteiger charge is 2.15. The number of nitrogens with zero attached hydrogens (tertiary/aromatic N) is 2. The molecule has 0 atom stereocenters. The lowest BCUT2D eigenvalue weighted by Gasteiger charge is -2.17. The number of nitrogens with two attached hydrogens (primary N) is 1. The molecule has 1 aromatic carbocycles. The summed E-state index contributed by atoms with van der Waals surface area (Å²) < 4.78 is 5.43. The van der Waals surface area contributed by atoms with Gasteiger partial charge in [0.25, 0.3) is 0 Å². The lowest BCUT2D eigenvalue weighted by Crippen LogP contribution is -2.25. The van der Waals surface area contributed by atoms with Crippen molar-refractivity contribution in [2.45, 2.75) is 26.3 Å². The maximum Gasteiger partial charge on any atom is 0.332 e. The average molecular weight is 290 g/mol. The number of primary amides is 1. The van der Waals surface area contributed by atoms with Crippen molar-refractivity contribution in [2.24, 2.45) is 10.8 Å². The summed E-state index contributed by atoms with van der Waals surface area (Å²) in [5, 5.41) is 3.96. The number of ether oxygens (including phenoxy) is 1. The molecular weight excluding hydrogens is 268 g/mol. The first kappa shape index (κ1) is 15.3. The highest BCUT2D eigenvalue weighted by molar-refractivity contribution is 5.99. The van der Waals surface area contributed by atoms with E-state index >= 15 is 0 Å². The van der Waals surface area contributed by atoms with Crippen LogP contribution in [-0.4, -0.2) is 36.8 Å². The Labute approximate surface area is 125 Å². The summed E-state index contributed by atoms with van der Waals surface area (Å²) in [5.41, 5.74) is 10.1. The number of hydrazone groups is 1. The predicted octanol–water partition coefficient (Wildman–Crippen LogP) is 1.68. The quantitative estimate of drug-likeness (QED) is 0.639. The number of rotatable bonds is 5. The van der Waals surface area contributed by atoms with Crippen molar-refractivity contribution in [3.8, 4) is 5.75 Å². The number of methoxy groups -OCH3 is 1. The van der Waals surface area contributed by atoms with E-state index in [0.717, 1.165) is 36.5 Å². The highest BCUT2D eigenvalue weighted by atomic mass is 16.5. The lowest BCUT2D eigenvalue weighted by atomic mass is 10.1. The van der Waals surface area contributed by atoms with Crippen LogP contribution in [0.1, 0.15) is 30.9 Å². The molecule has 1 aliphatic heterocycles. The molecule has 2 amide bonds. The molecule has 0 aliphatic carbocycles. The Morgan fingerprint density at radius 3 is 2.76 bits per heavy atom. The van der Waals surface area contributed by atoms with Gasteiger partial charge in [-0.3, -0.25) is 4.90 Å². The van der Waals surface area contributed by atoms with Crippen LogP contribution in [0.3, 0.4) is 0 Å². The van der Waals surface area contributed by atoms with Gasteiger partial charge in [0.2, 0.25) is 0 Å². The molecule has 0 radical (unpaired) electrons. The van der Waals surface area contributed by atoms with Gasteiger partial charge >= 0.3 is 6.03 Å². The van der Waals surface area contributed by atoms with Crippen LogP contribution in [0.25, 0.3) is 0 Å². The standard InChI is InChI=1S/C15H22N4O2/c1-11(17-18-15(16)20)12-5-6-14(21-2)13(9-12)10-19-7-3-4-8-19/h5-6,9H,3-4,7-8,10H2,1-2H3,(H3,16,18,20)/b17-11-. The Kier molecular flexibility index (Phi) is 5.16. The number of nitrogens with one attached hydrogen (secondary N) is 1. The van der Waals surface area contributed by atoms with Crippen molar-refractivity contribution in [3.05, 3.63) is 29.3 Å². The summed E-state index contributed by atoms with van der Waals surface area (Å²) in [6, 6.07) is 5.25. The zero-order chi connectivity index (χ0) is 15.2. The van der Waals surface area contributed by atoms with Crippen molar-refractivity contribution in [1.82, 2.24) is 10.3 Å². The van der Waals surface area contributed by atoms with Gasteiger partial charge < -0.3 is 10.5 Å². The van der Waals surface area contributed by atoms with Gasteiger partial charge in [-0.2, -0.15) is 5.10 Å². The number of hydrogen-bond donors (Lipinski definition) is 2. The Hall–Kier alpha value is -2.08. The van der Waals surface area contributed by atoms with Crippen LogP contribution in [0.2, 0.25) is 0 Å². The fraction of sp³-hybridized carbons (Fsp3) is 0.467. The number of likely N-dealkylation sites (tertiary alicyclic amines) is 1. The van der Waals surface area contributed by atoms with Crippen LogP contribution in [0.4, 0.5) is 4.79 Å². The number of carbonyl (C=O) groups excluding carboxylic acids is 1. The zero-order valence-electron chi connectivity index (χ0n) is 12.6.